The Bertz CT molecular complexity index is 566. The van der Waals surface area contributed by atoms with Gasteiger partial charge in [0.15, 0.2) is 0 Å². The summed E-state index contributed by atoms with van der Waals surface area (Å²) in [7, 11) is -0.351. The first-order valence-corrected chi connectivity index (χ1v) is 11.4. The lowest BCUT2D eigenvalue weighted by atomic mass is 9.67. The van der Waals surface area contributed by atoms with Crippen molar-refractivity contribution in [2.45, 2.75) is 47.3 Å². The number of methoxy groups -OCH3 is 1. The molecule has 0 amide bonds. The third-order valence-corrected chi connectivity index (χ3v) is 5.11. The zero-order chi connectivity index (χ0) is 17.9. The van der Waals surface area contributed by atoms with E-state index in [-0.39, 0.29) is 5.97 Å². The van der Waals surface area contributed by atoms with Crippen LogP contribution in [0, 0.1) is 10.8 Å². The summed E-state index contributed by atoms with van der Waals surface area (Å²) in [6.07, 6.45) is 2.07. The van der Waals surface area contributed by atoms with Crippen LogP contribution in [0.15, 0.2) is 36.4 Å². The molecule has 0 heterocycles. The van der Waals surface area contributed by atoms with E-state index < -0.39 is 19.1 Å². The number of allylic oxidation sites excluding steroid dienone is 1. The second kappa shape index (κ2) is 6.91. The molecule has 0 atom stereocenters. The maximum atomic E-state index is 12.2. The predicted molar refractivity (Wildman–Crippen MR) is 98.4 cm³/mol. The molecule has 1 aromatic rings. The number of esters is 1. The number of carbonyl (C=O) groups excluding carboxylic acids is 1. The van der Waals surface area contributed by atoms with Gasteiger partial charge in [-0.3, -0.25) is 4.79 Å². The van der Waals surface area contributed by atoms with E-state index in [0.717, 1.165) is 11.3 Å². The summed E-state index contributed by atoms with van der Waals surface area (Å²) in [5, 5.41) is 0. The highest BCUT2D eigenvalue weighted by atomic mass is 28.4. The third-order valence-electron chi connectivity index (χ3n) is 4.27. The highest BCUT2D eigenvalue weighted by Crippen LogP contribution is 2.43. The largest absolute Gasteiger partial charge is 0.544 e. The van der Waals surface area contributed by atoms with Crippen LogP contribution in [0.2, 0.25) is 19.6 Å². The van der Waals surface area contributed by atoms with E-state index in [0.29, 0.717) is 0 Å². The Labute approximate surface area is 141 Å². The molecular weight excluding hydrogens is 304 g/mol. The SMILES string of the molecule is COC(=O)C(C)(C)C(C)(C)/C=C(\O[Si](C)(C)C)c1ccccc1. The van der Waals surface area contributed by atoms with Crippen LogP contribution in [-0.2, 0) is 14.0 Å². The Morgan fingerprint density at radius 2 is 1.57 bits per heavy atom. The molecule has 0 bridgehead atoms. The van der Waals surface area contributed by atoms with Gasteiger partial charge in [0.2, 0.25) is 8.32 Å². The molecule has 128 valence electrons. The number of carbonyl (C=O) groups is 1. The van der Waals surface area contributed by atoms with Crippen LogP contribution in [0.4, 0.5) is 0 Å². The number of rotatable bonds is 6. The molecule has 23 heavy (non-hydrogen) atoms. The van der Waals surface area contributed by atoms with E-state index in [1.54, 1.807) is 0 Å². The minimum Gasteiger partial charge on any atom is -0.544 e. The van der Waals surface area contributed by atoms with Crippen molar-refractivity contribution in [1.29, 1.82) is 0 Å². The second-order valence-corrected chi connectivity index (χ2v) is 12.4. The van der Waals surface area contributed by atoms with E-state index in [9.17, 15) is 4.79 Å². The van der Waals surface area contributed by atoms with E-state index in [1.807, 2.05) is 58.0 Å². The van der Waals surface area contributed by atoms with Crippen molar-refractivity contribution >= 4 is 20.0 Å². The molecule has 0 aromatic heterocycles. The maximum Gasteiger partial charge on any atom is 0.312 e. The molecule has 0 saturated heterocycles. The summed E-state index contributed by atoms with van der Waals surface area (Å²) >= 11 is 0. The van der Waals surface area contributed by atoms with Gasteiger partial charge in [0.1, 0.15) is 5.76 Å². The second-order valence-electron chi connectivity index (χ2n) is 7.93. The normalized spacial score (nSPS) is 13.7. The van der Waals surface area contributed by atoms with Crippen LogP contribution in [0.5, 0.6) is 0 Å². The van der Waals surface area contributed by atoms with E-state index in [1.165, 1.54) is 7.11 Å². The van der Waals surface area contributed by atoms with Crippen LogP contribution in [0.25, 0.3) is 5.76 Å². The molecule has 0 spiro atoms. The fourth-order valence-electron chi connectivity index (χ4n) is 2.13. The van der Waals surface area contributed by atoms with Gasteiger partial charge >= 0.3 is 5.97 Å². The summed E-state index contributed by atoms with van der Waals surface area (Å²) in [4.78, 5) is 12.2. The molecule has 0 unspecified atom stereocenters. The average molecular weight is 335 g/mol. The fourth-order valence-corrected chi connectivity index (χ4v) is 2.97. The number of hydrogen-bond donors (Lipinski definition) is 0. The summed E-state index contributed by atoms with van der Waals surface area (Å²) in [5.41, 5.74) is -0.0566. The maximum absolute atomic E-state index is 12.2. The Morgan fingerprint density at radius 3 is 2.00 bits per heavy atom. The molecule has 0 aliphatic heterocycles. The number of benzene rings is 1. The van der Waals surface area contributed by atoms with E-state index >= 15 is 0 Å². The minimum absolute atomic E-state index is 0.223. The first-order valence-electron chi connectivity index (χ1n) is 7.96. The summed E-state index contributed by atoms with van der Waals surface area (Å²) in [5.74, 6) is 0.617. The molecule has 0 N–H and O–H groups in total. The van der Waals surface area contributed by atoms with Gasteiger partial charge in [-0.05, 0) is 39.6 Å². The van der Waals surface area contributed by atoms with Gasteiger partial charge in [0.05, 0.1) is 12.5 Å². The first-order chi connectivity index (χ1) is 10.4. The van der Waals surface area contributed by atoms with Crippen molar-refractivity contribution in [2.24, 2.45) is 10.8 Å². The highest BCUT2D eigenvalue weighted by Gasteiger charge is 2.43. The minimum atomic E-state index is -1.78. The van der Waals surface area contributed by atoms with Crippen molar-refractivity contribution in [1.82, 2.24) is 0 Å². The summed E-state index contributed by atoms with van der Waals surface area (Å²) in [6, 6.07) is 10.0. The predicted octanol–water partition coefficient (Wildman–Crippen LogP) is 5.10. The van der Waals surface area contributed by atoms with Crippen LogP contribution < -0.4 is 0 Å². The first kappa shape index (κ1) is 19.5. The van der Waals surface area contributed by atoms with Crippen LogP contribution in [0.1, 0.15) is 33.3 Å². The smallest absolute Gasteiger partial charge is 0.312 e. The quantitative estimate of drug-likeness (QED) is 0.412. The van der Waals surface area contributed by atoms with Crippen molar-refractivity contribution in [3.8, 4) is 0 Å². The molecular formula is C19H30O3Si. The molecule has 0 radical (unpaired) electrons. The summed E-state index contributed by atoms with van der Waals surface area (Å²) < 4.78 is 11.3. The number of hydrogen-bond acceptors (Lipinski definition) is 3. The van der Waals surface area contributed by atoms with Gasteiger partial charge < -0.3 is 9.16 Å². The molecule has 0 aliphatic carbocycles. The van der Waals surface area contributed by atoms with Gasteiger partial charge in [0.25, 0.3) is 0 Å². The average Bonchev–Trinajstić information content (AvgIpc) is 2.44. The Kier molecular flexibility index (Phi) is 5.86. The van der Waals surface area contributed by atoms with Crippen molar-refractivity contribution < 1.29 is 14.0 Å². The van der Waals surface area contributed by atoms with Crippen molar-refractivity contribution in [3.63, 3.8) is 0 Å². The molecule has 4 heteroatoms. The Morgan fingerprint density at radius 1 is 1.04 bits per heavy atom. The van der Waals surface area contributed by atoms with Gasteiger partial charge in [-0.1, -0.05) is 44.2 Å². The Hall–Kier alpha value is -1.55. The number of ether oxygens (including phenoxy) is 1. The van der Waals surface area contributed by atoms with E-state index in [4.69, 9.17) is 9.16 Å². The standard InChI is InChI=1S/C19H30O3Si/c1-18(2,19(3,4)17(20)21-5)14-16(22-23(6,7)8)15-12-10-9-11-13-15/h9-14H,1-8H3/b16-14-. The molecule has 1 rings (SSSR count). The third kappa shape index (κ3) is 4.96. The molecule has 0 fully saturated rings. The lowest BCUT2D eigenvalue weighted by Crippen LogP contribution is -2.39. The lowest BCUT2D eigenvalue weighted by Gasteiger charge is -2.38. The lowest BCUT2D eigenvalue weighted by molar-refractivity contribution is -0.155. The van der Waals surface area contributed by atoms with Gasteiger partial charge in [-0.2, -0.15) is 0 Å². The molecule has 3 nitrogen and oxygen atoms in total. The molecule has 0 aliphatic rings. The van der Waals surface area contributed by atoms with Gasteiger partial charge in [-0.25, -0.2) is 0 Å². The zero-order valence-electron chi connectivity index (χ0n) is 15.7. The van der Waals surface area contributed by atoms with Gasteiger partial charge in [0, 0.05) is 11.0 Å². The Balaban J connectivity index is 3.35. The van der Waals surface area contributed by atoms with E-state index in [2.05, 4.69) is 25.7 Å². The summed E-state index contributed by atoms with van der Waals surface area (Å²) in [6.45, 7) is 14.4. The zero-order valence-corrected chi connectivity index (χ0v) is 16.7. The topological polar surface area (TPSA) is 35.5 Å². The molecule has 1 aromatic carbocycles. The van der Waals surface area contributed by atoms with Crippen LogP contribution in [0.3, 0.4) is 0 Å². The monoisotopic (exact) mass is 334 g/mol. The van der Waals surface area contributed by atoms with Crippen LogP contribution in [-0.4, -0.2) is 21.4 Å². The highest BCUT2D eigenvalue weighted by molar-refractivity contribution is 6.70. The van der Waals surface area contributed by atoms with Crippen molar-refractivity contribution in [3.05, 3.63) is 42.0 Å². The fraction of sp³-hybridized carbons (Fsp3) is 0.526. The van der Waals surface area contributed by atoms with Crippen molar-refractivity contribution in [2.75, 3.05) is 7.11 Å². The molecule has 0 saturated carbocycles. The van der Waals surface area contributed by atoms with Gasteiger partial charge in [-0.15, -0.1) is 0 Å². The van der Waals surface area contributed by atoms with Crippen LogP contribution >= 0.6 is 0 Å².